The monoisotopic (exact) mass is 531 g/mol. The summed E-state index contributed by atoms with van der Waals surface area (Å²) in [5.41, 5.74) is 5.73. The third-order valence-corrected chi connectivity index (χ3v) is 11.5. The van der Waals surface area contributed by atoms with Crippen molar-refractivity contribution < 1.29 is 46.2 Å². The molecular formula is C21H49NO10Si2. The molecule has 0 fully saturated rings. The summed E-state index contributed by atoms with van der Waals surface area (Å²) in [5, 5.41) is 20.7. The van der Waals surface area contributed by atoms with Gasteiger partial charge in [-0.05, 0) is 44.6 Å². The number of aliphatic hydroxyl groups is 2. The SMILES string of the molecule is CO[Si](CCCOCC(O)CC(CCN)CC(O)COCCC[Si](OC)(OC)OC)(OC)OC. The molecule has 0 rings (SSSR count). The number of rotatable bonds is 24. The summed E-state index contributed by atoms with van der Waals surface area (Å²) < 4.78 is 43.5. The van der Waals surface area contributed by atoms with Gasteiger partial charge in [0.2, 0.25) is 0 Å². The van der Waals surface area contributed by atoms with Gasteiger partial charge in [-0.15, -0.1) is 0 Å². The van der Waals surface area contributed by atoms with E-state index in [1.54, 1.807) is 42.7 Å². The van der Waals surface area contributed by atoms with E-state index in [1.807, 2.05) is 0 Å². The molecule has 0 aliphatic rings. The van der Waals surface area contributed by atoms with E-state index < -0.39 is 29.8 Å². The fourth-order valence-electron chi connectivity index (χ4n) is 3.81. The van der Waals surface area contributed by atoms with Crippen LogP contribution in [-0.2, 0) is 36.0 Å². The van der Waals surface area contributed by atoms with Gasteiger partial charge in [-0.3, -0.25) is 0 Å². The van der Waals surface area contributed by atoms with Crippen LogP contribution in [0.1, 0.15) is 32.1 Å². The van der Waals surface area contributed by atoms with Crippen molar-refractivity contribution >= 4 is 17.6 Å². The molecule has 0 saturated heterocycles. The molecule has 0 aromatic carbocycles. The second kappa shape index (κ2) is 20.1. The molecule has 13 heteroatoms. The quantitative estimate of drug-likeness (QED) is 0.121. The number of hydrogen-bond donors (Lipinski definition) is 3. The molecule has 0 heterocycles. The summed E-state index contributed by atoms with van der Waals surface area (Å²) in [6, 6.07) is 1.28. The normalized spacial score (nSPS) is 15.4. The van der Waals surface area contributed by atoms with Gasteiger partial charge in [0.15, 0.2) is 0 Å². The standard InChI is InChI=1S/C21H49NO10Si2/c1-25-33(26-2,27-3)13-7-11-31-17-20(23)15-19(9-10-22)16-21(24)18-32-12-8-14-34(28-4,29-5)30-6/h19-21,23-24H,7-18,22H2,1-6H3. The topological polar surface area (TPSA) is 140 Å². The summed E-state index contributed by atoms with van der Waals surface area (Å²) in [4.78, 5) is 0. The van der Waals surface area contributed by atoms with E-state index in [0.29, 0.717) is 64.0 Å². The third kappa shape index (κ3) is 13.9. The van der Waals surface area contributed by atoms with Crippen LogP contribution in [0.15, 0.2) is 0 Å². The lowest BCUT2D eigenvalue weighted by atomic mass is 9.92. The Kier molecular flexibility index (Phi) is 20.1. The smallest absolute Gasteiger partial charge is 0.391 e. The number of ether oxygens (including phenoxy) is 2. The predicted molar refractivity (Wildman–Crippen MR) is 132 cm³/mol. The molecule has 0 aromatic heterocycles. The van der Waals surface area contributed by atoms with E-state index in [2.05, 4.69) is 0 Å². The number of hydrogen-bond acceptors (Lipinski definition) is 11. The minimum Gasteiger partial charge on any atom is -0.391 e. The first-order chi connectivity index (χ1) is 16.3. The van der Waals surface area contributed by atoms with Crippen LogP contribution in [0.5, 0.6) is 0 Å². The van der Waals surface area contributed by atoms with Gasteiger partial charge in [-0.2, -0.15) is 0 Å². The Labute approximate surface area is 207 Å². The van der Waals surface area contributed by atoms with Crippen molar-refractivity contribution in [3.05, 3.63) is 0 Å². The Morgan fingerprint density at radius 1 is 0.647 bits per heavy atom. The molecule has 0 aromatic rings. The highest BCUT2D eigenvalue weighted by atomic mass is 28.4. The van der Waals surface area contributed by atoms with Crippen molar-refractivity contribution in [3.63, 3.8) is 0 Å². The highest BCUT2D eigenvalue weighted by Gasteiger charge is 2.37. The van der Waals surface area contributed by atoms with Crippen LogP contribution in [0.25, 0.3) is 0 Å². The average molecular weight is 532 g/mol. The van der Waals surface area contributed by atoms with E-state index in [4.69, 9.17) is 41.8 Å². The van der Waals surface area contributed by atoms with Crippen molar-refractivity contribution in [2.24, 2.45) is 11.7 Å². The first kappa shape index (κ1) is 34.0. The molecule has 0 radical (unpaired) electrons. The molecule has 4 N–H and O–H groups in total. The molecule has 0 aliphatic heterocycles. The Morgan fingerprint density at radius 3 is 1.29 bits per heavy atom. The zero-order valence-electron chi connectivity index (χ0n) is 22.0. The minimum absolute atomic E-state index is 0.0771. The minimum atomic E-state index is -2.59. The molecule has 0 aliphatic carbocycles. The van der Waals surface area contributed by atoms with Crippen LogP contribution in [0.2, 0.25) is 12.1 Å². The van der Waals surface area contributed by atoms with E-state index in [1.165, 1.54) is 0 Å². The molecular weight excluding hydrogens is 482 g/mol. The second-order valence-electron chi connectivity index (χ2n) is 8.17. The molecule has 2 unspecified atom stereocenters. The van der Waals surface area contributed by atoms with Crippen molar-refractivity contribution in [3.8, 4) is 0 Å². The highest BCUT2D eigenvalue weighted by Crippen LogP contribution is 2.20. The lowest BCUT2D eigenvalue weighted by Crippen LogP contribution is -2.42. The van der Waals surface area contributed by atoms with E-state index in [0.717, 1.165) is 0 Å². The zero-order chi connectivity index (χ0) is 25.9. The van der Waals surface area contributed by atoms with Crippen molar-refractivity contribution in [1.29, 1.82) is 0 Å². The fraction of sp³-hybridized carbons (Fsp3) is 1.00. The van der Waals surface area contributed by atoms with Crippen molar-refractivity contribution in [2.45, 2.75) is 56.4 Å². The van der Waals surface area contributed by atoms with Crippen molar-refractivity contribution in [2.75, 3.05) is 75.6 Å². The lowest BCUT2D eigenvalue weighted by molar-refractivity contribution is 0.00159. The molecule has 206 valence electrons. The summed E-state index contributed by atoms with van der Waals surface area (Å²) in [5.74, 6) is 0.0771. The summed E-state index contributed by atoms with van der Waals surface area (Å²) in [6.45, 7) is 1.87. The van der Waals surface area contributed by atoms with E-state index in [-0.39, 0.29) is 19.1 Å². The van der Waals surface area contributed by atoms with Crippen LogP contribution in [-0.4, -0.2) is 116 Å². The molecule has 11 nitrogen and oxygen atoms in total. The maximum absolute atomic E-state index is 10.4. The Hall–Kier alpha value is -0.00623. The van der Waals surface area contributed by atoms with Crippen LogP contribution < -0.4 is 5.73 Å². The third-order valence-electron chi connectivity index (χ3n) is 5.82. The second-order valence-corrected chi connectivity index (χ2v) is 14.4. The predicted octanol–water partition coefficient (Wildman–Crippen LogP) is 1.02. The summed E-state index contributed by atoms with van der Waals surface area (Å²) >= 11 is 0. The number of aliphatic hydroxyl groups excluding tert-OH is 2. The lowest BCUT2D eigenvalue weighted by Gasteiger charge is -2.25. The van der Waals surface area contributed by atoms with Gasteiger partial charge in [0.25, 0.3) is 0 Å². The van der Waals surface area contributed by atoms with Gasteiger partial charge in [0, 0.05) is 68.0 Å². The highest BCUT2D eigenvalue weighted by molar-refractivity contribution is 6.60. The largest absolute Gasteiger partial charge is 0.500 e. The summed E-state index contributed by atoms with van der Waals surface area (Å²) in [6.07, 6.45) is 1.87. The van der Waals surface area contributed by atoms with Gasteiger partial charge in [0.05, 0.1) is 25.4 Å². The van der Waals surface area contributed by atoms with Crippen molar-refractivity contribution in [1.82, 2.24) is 0 Å². The molecule has 0 amide bonds. The van der Waals surface area contributed by atoms with E-state index >= 15 is 0 Å². The van der Waals surface area contributed by atoms with Gasteiger partial charge in [0.1, 0.15) is 0 Å². The maximum atomic E-state index is 10.4. The summed E-state index contributed by atoms with van der Waals surface area (Å²) in [7, 11) is 4.29. The van der Waals surface area contributed by atoms with Gasteiger partial charge >= 0.3 is 17.6 Å². The van der Waals surface area contributed by atoms with Crippen LogP contribution in [0.3, 0.4) is 0 Å². The Balaban J connectivity index is 4.19. The molecule has 0 saturated carbocycles. The van der Waals surface area contributed by atoms with Crippen LogP contribution >= 0.6 is 0 Å². The van der Waals surface area contributed by atoms with Crippen LogP contribution in [0.4, 0.5) is 0 Å². The van der Waals surface area contributed by atoms with Crippen LogP contribution in [0, 0.1) is 5.92 Å². The number of nitrogens with two attached hydrogens (primary N) is 1. The first-order valence-electron chi connectivity index (χ1n) is 11.8. The fourth-order valence-corrected chi connectivity index (χ4v) is 7.19. The Bertz CT molecular complexity index is 418. The first-order valence-corrected chi connectivity index (χ1v) is 15.7. The zero-order valence-corrected chi connectivity index (χ0v) is 24.0. The molecule has 0 bridgehead atoms. The van der Waals surface area contributed by atoms with Gasteiger partial charge in [-0.25, -0.2) is 0 Å². The molecule has 2 atom stereocenters. The van der Waals surface area contributed by atoms with E-state index in [9.17, 15) is 10.2 Å². The van der Waals surface area contributed by atoms with Gasteiger partial charge < -0.3 is 52.0 Å². The maximum Gasteiger partial charge on any atom is 0.500 e. The molecule has 0 spiro atoms. The average Bonchev–Trinajstić information content (AvgIpc) is 2.84. The Morgan fingerprint density at radius 2 is 1.00 bits per heavy atom. The molecule has 34 heavy (non-hydrogen) atoms. The van der Waals surface area contributed by atoms with Gasteiger partial charge in [-0.1, -0.05) is 0 Å².